The van der Waals surface area contributed by atoms with E-state index in [-0.39, 0.29) is 12.3 Å². The number of nitrogens with zero attached hydrogens (tertiary/aromatic N) is 1. The van der Waals surface area contributed by atoms with Crippen molar-refractivity contribution in [2.45, 2.75) is 25.1 Å². The van der Waals surface area contributed by atoms with E-state index in [1.54, 1.807) is 36.4 Å². The molecule has 2 heterocycles. The first-order valence-electron chi connectivity index (χ1n) is 8.32. The molecule has 0 aliphatic carbocycles. The van der Waals surface area contributed by atoms with Crippen molar-refractivity contribution in [2.24, 2.45) is 0 Å². The molecule has 6 nitrogen and oxygen atoms in total. The number of amides is 2. The Labute approximate surface area is 165 Å². The lowest BCUT2D eigenvalue weighted by Crippen LogP contribution is -2.43. The van der Waals surface area contributed by atoms with Crippen molar-refractivity contribution in [2.75, 3.05) is 5.32 Å². The molecule has 0 radical (unpaired) electrons. The third kappa shape index (κ3) is 3.15. The molecule has 138 valence electrons. The normalized spacial score (nSPS) is 21.2. The van der Waals surface area contributed by atoms with Gasteiger partial charge in [0.2, 0.25) is 18.0 Å². The Hall–Kier alpha value is -2.57. The van der Waals surface area contributed by atoms with Gasteiger partial charge >= 0.3 is 5.97 Å². The van der Waals surface area contributed by atoms with Crippen LogP contribution in [0, 0.1) is 0 Å². The van der Waals surface area contributed by atoms with Gasteiger partial charge in [-0.1, -0.05) is 41.4 Å². The predicted molar refractivity (Wildman–Crippen MR) is 99.6 cm³/mol. The quantitative estimate of drug-likeness (QED) is 0.789. The van der Waals surface area contributed by atoms with Gasteiger partial charge in [0.25, 0.3) is 0 Å². The Bertz CT molecular complexity index is 962. The minimum atomic E-state index is -0.908. The Morgan fingerprint density at radius 1 is 1.15 bits per heavy atom. The van der Waals surface area contributed by atoms with Crippen LogP contribution in [0.3, 0.4) is 0 Å². The number of esters is 1. The van der Waals surface area contributed by atoms with Crippen molar-refractivity contribution < 1.29 is 19.1 Å². The molecule has 2 aromatic rings. The number of halogens is 2. The molecule has 8 heteroatoms. The average molecular weight is 405 g/mol. The van der Waals surface area contributed by atoms with Gasteiger partial charge in [-0.25, -0.2) is 4.79 Å². The van der Waals surface area contributed by atoms with Crippen molar-refractivity contribution in [3.63, 3.8) is 0 Å². The van der Waals surface area contributed by atoms with Crippen LogP contribution >= 0.6 is 23.2 Å². The third-order valence-corrected chi connectivity index (χ3v) is 5.23. The second-order valence-electron chi connectivity index (χ2n) is 6.31. The summed E-state index contributed by atoms with van der Waals surface area (Å²) in [5.74, 6) is -1.17. The van der Waals surface area contributed by atoms with Crippen LogP contribution in [0.15, 0.2) is 42.5 Å². The highest BCUT2D eigenvalue weighted by atomic mass is 35.5. The Balaban J connectivity index is 1.62. The Morgan fingerprint density at radius 2 is 1.93 bits per heavy atom. The summed E-state index contributed by atoms with van der Waals surface area (Å²) in [6.45, 7) is 0. The highest BCUT2D eigenvalue weighted by Crippen LogP contribution is 2.38. The van der Waals surface area contributed by atoms with E-state index in [0.717, 1.165) is 0 Å². The molecule has 2 aliphatic rings. The summed E-state index contributed by atoms with van der Waals surface area (Å²) in [6.07, 6.45) is -0.398. The fourth-order valence-electron chi connectivity index (χ4n) is 3.40. The van der Waals surface area contributed by atoms with Gasteiger partial charge in [-0.2, -0.15) is 0 Å². The van der Waals surface area contributed by atoms with Gasteiger partial charge in [0.15, 0.2) is 0 Å². The molecule has 2 aromatic carbocycles. The van der Waals surface area contributed by atoms with E-state index in [1.807, 2.05) is 0 Å². The number of nitrogens with one attached hydrogen (secondary N) is 1. The topological polar surface area (TPSA) is 75.7 Å². The molecule has 4 rings (SSSR count). The minimum Gasteiger partial charge on any atom is -0.433 e. The van der Waals surface area contributed by atoms with E-state index in [4.69, 9.17) is 27.9 Å². The maximum atomic E-state index is 12.8. The number of carbonyl (C=O) groups is 3. The van der Waals surface area contributed by atoms with Crippen LogP contribution in [0.4, 0.5) is 5.69 Å². The zero-order chi connectivity index (χ0) is 19.1. The molecule has 0 bridgehead atoms. The zero-order valence-electron chi connectivity index (χ0n) is 13.9. The second-order valence-corrected chi connectivity index (χ2v) is 7.16. The molecular formula is C19H14Cl2N2O4. The van der Waals surface area contributed by atoms with Crippen molar-refractivity contribution in [1.29, 1.82) is 0 Å². The summed E-state index contributed by atoms with van der Waals surface area (Å²) in [5, 5.41) is 3.47. The van der Waals surface area contributed by atoms with Gasteiger partial charge < -0.3 is 10.1 Å². The lowest BCUT2D eigenvalue weighted by Gasteiger charge is -2.29. The van der Waals surface area contributed by atoms with Crippen molar-refractivity contribution >= 4 is 46.7 Å². The lowest BCUT2D eigenvalue weighted by molar-refractivity contribution is -0.144. The average Bonchev–Trinajstić information content (AvgIpc) is 3.18. The molecule has 1 N–H and O–H groups in total. The molecule has 1 fully saturated rings. The number of cyclic esters (lactones) is 1. The summed E-state index contributed by atoms with van der Waals surface area (Å²) in [4.78, 5) is 38.7. The summed E-state index contributed by atoms with van der Waals surface area (Å²) >= 11 is 12.1. The first kappa shape index (κ1) is 17.8. The second kappa shape index (κ2) is 6.87. The van der Waals surface area contributed by atoms with Gasteiger partial charge in [-0.05, 0) is 30.7 Å². The van der Waals surface area contributed by atoms with Gasteiger partial charge in [-0.3, -0.25) is 14.5 Å². The first-order valence-corrected chi connectivity index (χ1v) is 9.08. The molecule has 0 spiro atoms. The fourth-order valence-corrected chi connectivity index (χ4v) is 3.73. The summed E-state index contributed by atoms with van der Waals surface area (Å²) in [5.41, 5.74) is 1.34. The molecule has 27 heavy (non-hydrogen) atoms. The van der Waals surface area contributed by atoms with Crippen LogP contribution in [0.2, 0.25) is 10.0 Å². The summed E-state index contributed by atoms with van der Waals surface area (Å²) in [6, 6.07) is 10.8. The van der Waals surface area contributed by atoms with E-state index in [2.05, 4.69) is 5.32 Å². The maximum absolute atomic E-state index is 12.8. The van der Waals surface area contributed by atoms with E-state index < -0.39 is 24.1 Å². The minimum absolute atomic E-state index is 0.192. The number of benzene rings is 2. The summed E-state index contributed by atoms with van der Waals surface area (Å²) in [7, 11) is 0. The molecular weight excluding hydrogens is 391 g/mol. The van der Waals surface area contributed by atoms with Crippen LogP contribution < -0.4 is 5.32 Å². The smallest absolute Gasteiger partial charge is 0.340 e. The van der Waals surface area contributed by atoms with Crippen molar-refractivity contribution in [3.05, 3.63) is 63.6 Å². The number of fused-ring (bicyclic) bond motifs is 1. The SMILES string of the molecule is O=C1OC(N2C(=O)CC[C@H]2C(=O)Nc2cc(Cl)ccc2Cl)c2ccccc21. The van der Waals surface area contributed by atoms with Gasteiger partial charge in [0, 0.05) is 17.0 Å². The van der Waals surface area contributed by atoms with Crippen LogP contribution in [-0.4, -0.2) is 28.7 Å². The van der Waals surface area contributed by atoms with Crippen LogP contribution in [0.25, 0.3) is 0 Å². The molecule has 2 atom stereocenters. The maximum Gasteiger partial charge on any atom is 0.340 e. The number of carbonyl (C=O) groups excluding carboxylic acids is 3. The van der Waals surface area contributed by atoms with Crippen molar-refractivity contribution in [3.8, 4) is 0 Å². The number of hydrogen-bond donors (Lipinski definition) is 1. The van der Waals surface area contributed by atoms with E-state index in [0.29, 0.717) is 33.3 Å². The molecule has 2 aliphatic heterocycles. The first-order chi connectivity index (χ1) is 13.0. The highest BCUT2D eigenvalue weighted by molar-refractivity contribution is 6.35. The molecule has 1 saturated heterocycles. The monoisotopic (exact) mass is 404 g/mol. The predicted octanol–water partition coefficient (Wildman–Crippen LogP) is 3.79. The number of hydrogen-bond acceptors (Lipinski definition) is 4. The number of ether oxygens (including phenoxy) is 1. The van der Waals surface area contributed by atoms with E-state index in [9.17, 15) is 14.4 Å². The van der Waals surface area contributed by atoms with Gasteiger partial charge in [0.1, 0.15) is 6.04 Å². The van der Waals surface area contributed by atoms with Gasteiger partial charge in [0.05, 0.1) is 16.3 Å². The molecule has 0 saturated carbocycles. The highest BCUT2D eigenvalue weighted by Gasteiger charge is 2.46. The van der Waals surface area contributed by atoms with E-state index in [1.165, 1.54) is 11.0 Å². The fraction of sp³-hybridized carbons (Fsp3) is 0.211. The third-order valence-electron chi connectivity index (χ3n) is 4.66. The lowest BCUT2D eigenvalue weighted by atomic mass is 10.1. The van der Waals surface area contributed by atoms with Crippen LogP contribution in [-0.2, 0) is 14.3 Å². The van der Waals surface area contributed by atoms with E-state index >= 15 is 0 Å². The summed E-state index contributed by atoms with van der Waals surface area (Å²) < 4.78 is 5.40. The Kier molecular flexibility index (Phi) is 4.53. The molecule has 1 unspecified atom stereocenters. The standard InChI is InChI=1S/C19H14Cl2N2O4/c20-10-5-6-13(21)14(9-10)22-17(25)15-7-8-16(24)23(15)18-11-3-1-2-4-12(11)19(26)27-18/h1-6,9,15,18H,7-8H2,(H,22,25)/t15-,18?/m0/s1. The van der Waals surface area contributed by atoms with Crippen molar-refractivity contribution in [1.82, 2.24) is 4.90 Å². The number of anilines is 1. The largest absolute Gasteiger partial charge is 0.433 e. The molecule has 2 amide bonds. The molecule has 0 aromatic heterocycles. The van der Waals surface area contributed by atoms with Crippen LogP contribution in [0.1, 0.15) is 35.0 Å². The van der Waals surface area contributed by atoms with Crippen LogP contribution in [0.5, 0.6) is 0 Å². The Morgan fingerprint density at radius 3 is 2.74 bits per heavy atom. The number of likely N-dealkylation sites (tertiary alicyclic amines) is 1. The zero-order valence-corrected chi connectivity index (χ0v) is 15.5. The number of rotatable bonds is 3. The van der Waals surface area contributed by atoms with Gasteiger partial charge in [-0.15, -0.1) is 0 Å².